The standard InChI is InChI=1S/C12H17F2NO3S/c1-9(2)15(4-3-5-16)19(17,18)12-7-10(13)6-11(14)8-12/h6-9,16H,3-5H2,1-2H3. The topological polar surface area (TPSA) is 57.6 Å². The van der Waals surface area contributed by atoms with Gasteiger partial charge in [-0.25, -0.2) is 17.2 Å². The summed E-state index contributed by atoms with van der Waals surface area (Å²) in [6.45, 7) is 3.25. The zero-order valence-corrected chi connectivity index (χ0v) is 11.6. The van der Waals surface area contributed by atoms with Crippen molar-refractivity contribution in [3.63, 3.8) is 0 Å². The lowest BCUT2D eigenvalue weighted by Gasteiger charge is -2.25. The van der Waals surface area contributed by atoms with Crippen molar-refractivity contribution in [1.82, 2.24) is 4.31 Å². The van der Waals surface area contributed by atoms with Gasteiger partial charge < -0.3 is 5.11 Å². The first-order valence-electron chi connectivity index (χ1n) is 5.88. The molecule has 0 heterocycles. The highest BCUT2D eigenvalue weighted by atomic mass is 32.2. The lowest BCUT2D eigenvalue weighted by atomic mass is 10.3. The Labute approximate surface area is 111 Å². The fourth-order valence-electron chi connectivity index (χ4n) is 1.70. The van der Waals surface area contributed by atoms with Crippen LogP contribution < -0.4 is 0 Å². The summed E-state index contributed by atoms with van der Waals surface area (Å²) >= 11 is 0. The largest absolute Gasteiger partial charge is 0.396 e. The predicted octanol–water partition coefficient (Wildman–Crippen LogP) is 1.75. The van der Waals surface area contributed by atoms with Gasteiger partial charge in [0.25, 0.3) is 0 Å². The van der Waals surface area contributed by atoms with Crippen LogP contribution in [0.1, 0.15) is 20.3 Å². The molecule has 1 aromatic rings. The van der Waals surface area contributed by atoms with Crippen molar-refractivity contribution in [3.05, 3.63) is 29.8 Å². The maximum Gasteiger partial charge on any atom is 0.243 e. The van der Waals surface area contributed by atoms with Crippen LogP contribution in [0.2, 0.25) is 0 Å². The first-order valence-corrected chi connectivity index (χ1v) is 7.32. The molecule has 19 heavy (non-hydrogen) atoms. The van der Waals surface area contributed by atoms with Crippen molar-refractivity contribution in [3.8, 4) is 0 Å². The van der Waals surface area contributed by atoms with Crippen molar-refractivity contribution < 1.29 is 22.3 Å². The molecule has 0 aliphatic heterocycles. The van der Waals surface area contributed by atoms with Gasteiger partial charge in [0.2, 0.25) is 10.0 Å². The molecule has 0 aliphatic carbocycles. The van der Waals surface area contributed by atoms with E-state index in [4.69, 9.17) is 5.11 Å². The average Bonchev–Trinajstić information content (AvgIpc) is 2.27. The van der Waals surface area contributed by atoms with Crippen molar-refractivity contribution >= 4 is 10.0 Å². The Bertz CT molecular complexity index is 512. The molecule has 0 unspecified atom stereocenters. The summed E-state index contributed by atoms with van der Waals surface area (Å²) in [5.41, 5.74) is 0. The van der Waals surface area contributed by atoms with Crippen LogP contribution in [0, 0.1) is 11.6 Å². The number of benzene rings is 1. The highest BCUT2D eigenvalue weighted by Crippen LogP contribution is 2.20. The molecule has 0 saturated heterocycles. The first kappa shape index (κ1) is 16.0. The van der Waals surface area contributed by atoms with Crippen LogP contribution in [0.4, 0.5) is 8.78 Å². The number of rotatable bonds is 6. The van der Waals surface area contributed by atoms with E-state index in [1.807, 2.05) is 0 Å². The Morgan fingerprint density at radius 2 is 1.74 bits per heavy atom. The molecule has 1 aromatic carbocycles. The third kappa shape index (κ3) is 3.95. The smallest absolute Gasteiger partial charge is 0.243 e. The molecule has 0 bridgehead atoms. The van der Waals surface area contributed by atoms with E-state index in [0.717, 1.165) is 16.4 Å². The van der Waals surface area contributed by atoms with Crippen molar-refractivity contribution in [1.29, 1.82) is 0 Å². The number of nitrogens with zero attached hydrogens (tertiary/aromatic N) is 1. The lowest BCUT2D eigenvalue weighted by molar-refractivity contribution is 0.258. The van der Waals surface area contributed by atoms with Gasteiger partial charge in [0.05, 0.1) is 4.90 Å². The molecule has 0 atom stereocenters. The predicted molar refractivity (Wildman–Crippen MR) is 67.1 cm³/mol. The molecule has 0 fully saturated rings. The van der Waals surface area contributed by atoms with Gasteiger partial charge in [-0.05, 0) is 32.4 Å². The minimum absolute atomic E-state index is 0.0919. The summed E-state index contributed by atoms with van der Waals surface area (Å²) in [5.74, 6) is -1.88. The molecule has 1 rings (SSSR count). The van der Waals surface area contributed by atoms with Crippen molar-refractivity contribution in [2.45, 2.75) is 31.2 Å². The number of halogens is 2. The van der Waals surface area contributed by atoms with Crippen molar-refractivity contribution in [2.75, 3.05) is 13.2 Å². The number of hydrogen-bond acceptors (Lipinski definition) is 3. The lowest BCUT2D eigenvalue weighted by Crippen LogP contribution is -2.38. The summed E-state index contributed by atoms with van der Waals surface area (Å²) in [6.07, 6.45) is 0.259. The van der Waals surface area contributed by atoms with Crippen LogP contribution in [0.5, 0.6) is 0 Å². The van der Waals surface area contributed by atoms with Gasteiger partial charge in [-0.1, -0.05) is 0 Å². The molecule has 7 heteroatoms. The highest BCUT2D eigenvalue weighted by Gasteiger charge is 2.27. The van der Waals surface area contributed by atoms with Crippen molar-refractivity contribution in [2.24, 2.45) is 0 Å². The van der Waals surface area contributed by atoms with E-state index in [0.29, 0.717) is 6.07 Å². The van der Waals surface area contributed by atoms with E-state index >= 15 is 0 Å². The second-order valence-electron chi connectivity index (χ2n) is 4.39. The quantitative estimate of drug-likeness (QED) is 0.869. The highest BCUT2D eigenvalue weighted by molar-refractivity contribution is 7.89. The Kier molecular flexibility index (Phi) is 5.39. The van der Waals surface area contributed by atoms with E-state index in [-0.39, 0.29) is 25.6 Å². The summed E-state index contributed by atoms with van der Waals surface area (Å²) < 4.78 is 51.9. The van der Waals surface area contributed by atoms with Crippen LogP contribution >= 0.6 is 0 Å². The molecule has 108 valence electrons. The van der Waals surface area contributed by atoms with Crippen LogP contribution in [-0.4, -0.2) is 37.0 Å². The minimum atomic E-state index is -3.98. The van der Waals surface area contributed by atoms with Gasteiger partial charge in [0.1, 0.15) is 11.6 Å². The van der Waals surface area contributed by atoms with Gasteiger partial charge in [-0.3, -0.25) is 0 Å². The molecule has 0 saturated carbocycles. The zero-order chi connectivity index (χ0) is 14.6. The van der Waals surface area contributed by atoms with E-state index in [1.165, 1.54) is 0 Å². The molecule has 0 aliphatic rings. The molecule has 1 N–H and O–H groups in total. The zero-order valence-electron chi connectivity index (χ0n) is 10.8. The molecular weight excluding hydrogens is 276 g/mol. The monoisotopic (exact) mass is 293 g/mol. The minimum Gasteiger partial charge on any atom is -0.396 e. The van der Waals surface area contributed by atoms with E-state index < -0.39 is 26.6 Å². The Morgan fingerprint density at radius 3 is 2.16 bits per heavy atom. The Hall–Kier alpha value is -1.05. The second-order valence-corrected chi connectivity index (χ2v) is 6.28. The number of aliphatic hydroxyl groups is 1. The van der Waals surface area contributed by atoms with Gasteiger partial charge >= 0.3 is 0 Å². The fourth-order valence-corrected chi connectivity index (χ4v) is 3.41. The molecule has 0 aromatic heterocycles. The molecule has 0 spiro atoms. The van der Waals surface area contributed by atoms with Gasteiger partial charge in [0, 0.05) is 25.3 Å². The number of sulfonamides is 1. The van der Waals surface area contributed by atoms with Crippen LogP contribution in [-0.2, 0) is 10.0 Å². The van der Waals surface area contributed by atoms with Crippen LogP contribution in [0.3, 0.4) is 0 Å². The van der Waals surface area contributed by atoms with Gasteiger partial charge in [0.15, 0.2) is 0 Å². The maximum atomic E-state index is 13.1. The maximum absolute atomic E-state index is 13.1. The van der Waals surface area contributed by atoms with Crippen LogP contribution in [0.15, 0.2) is 23.1 Å². The molecular formula is C12H17F2NO3S. The molecule has 0 radical (unpaired) electrons. The van der Waals surface area contributed by atoms with E-state index in [1.54, 1.807) is 13.8 Å². The van der Waals surface area contributed by atoms with E-state index in [9.17, 15) is 17.2 Å². The normalized spacial score (nSPS) is 12.4. The third-order valence-corrected chi connectivity index (χ3v) is 4.61. The van der Waals surface area contributed by atoms with Crippen LogP contribution in [0.25, 0.3) is 0 Å². The fraction of sp³-hybridized carbons (Fsp3) is 0.500. The number of aliphatic hydroxyl groups excluding tert-OH is 1. The van der Waals surface area contributed by atoms with Gasteiger partial charge in [-0.15, -0.1) is 0 Å². The SMILES string of the molecule is CC(C)N(CCCO)S(=O)(=O)c1cc(F)cc(F)c1. The summed E-state index contributed by atoms with van der Waals surface area (Å²) in [7, 11) is -3.98. The Morgan fingerprint density at radius 1 is 1.21 bits per heavy atom. The molecule has 4 nitrogen and oxygen atoms in total. The third-order valence-electron chi connectivity index (χ3n) is 2.56. The second kappa shape index (κ2) is 6.40. The van der Waals surface area contributed by atoms with E-state index in [2.05, 4.69) is 0 Å². The summed E-state index contributed by atoms with van der Waals surface area (Å²) in [4.78, 5) is -0.420. The average molecular weight is 293 g/mol. The summed E-state index contributed by atoms with van der Waals surface area (Å²) in [5, 5.41) is 8.78. The Balaban J connectivity index is 3.18. The van der Waals surface area contributed by atoms with Gasteiger partial charge in [-0.2, -0.15) is 4.31 Å². The first-order chi connectivity index (χ1) is 8.78. The number of hydrogen-bond donors (Lipinski definition) is 1. The summed E-state index contributed by atoms with van der Waals surface area (Å²) in [6, 6.07) is 1.81. The molecule has 0 amide bonds.